The number of methoxy groups -OCH3 is 1. The fourth-order valence-electron chi connectivity index (χ4n) is 3.01. The van der Waals surface area contributed by atoms with Crippen molar-refractivity contribution in [3.05, 3.63) is 65.7 Å². The number of hydrogen-bond donors (Lipinski definition) is 2. The van der Waals surface area contributed by atoms with Gasteiger partial charge in [-0.3, -0.25) is 0 Å². The predicted molar refractivity (Wildman–Crippen MR) is 90.2 cm³/mol. The van der Waals surface area contributed by atoms with E-state index in [-0.39, 0.29) is 0 Å². The summed E-state index contributed by atoms with van der Waals surface area (Å²) < 4.78 is 5.20. The first-order chi connectivity index (χ1) is 11.1. The number of benzene rings is 2. The van der Waals surface area contributed by atoms with Crippen LogP contribution in [0.2, 0.25) is 0 Å². The van der Waals surface area contributed by atoms with Gasteiger partial charge in [0.1, 0.15) is 11.3 Å². The van der Waals surface area contributed by atoms with Crippen molar-refractivity contribution in [2.75, 3.05) is 14.2 Å². The molecule has 2 atom stereocenters. The highest BCUT2D eigenvalue weighted by Crippen LogP contribution is 2.38. The van der Waals surface area contributed by atoms with Crippen LogP contribution in [-0.4, -0.2) is 36.4 Å². The van der Waals surface area contributed by atoms with E-state index in [4.69, 9.17) is 10.5 Å². The van der Waals surface area contributed by atoms with Crippen molar-refractivity contribution < 1.29 is 9.84 Å². The summed E-state index contributed by atoms with van der Waals surface area (Å²) in [5.41, 5.74) is 7.16. The molecule has 0 saturated heterocycles. The Morgan fingerprint density at radius 3 is 2.35 bits per heavy atom. The maximum atomic E-state index is 10.8. The molecule has 3 rings (SSSR count). The monoisotopic (exact) mass is 311 g/mol. The van der Waals surface area contributed by atoms with E-state index in [0.29, 0.717) is 12.4 Å². The largest absolute Gasteiger partial charge is 0.497 e. The lowest BCUT2D eigenvalue weighted by molar-refractivity contribution is 0.0146. The lowest BCUT2D eigenvalue weighted by Gasteiger charge is -2.32. The van der Waals surface area contributed by atoms with Crippen LogP contribution in [0.15, 0.2) is 59.6 Å². The molecule has 5 nitrogen and oxygen atoms in total. The number of nitrogens with zero attached hydrogens (tertiary/aromatic N) is 2. The fourth-order valence-corrected chi connectivity index (χ4v) is 3.01. The third-order valence-electron chi connectivity index (χ3n) is 4.38. The molecule has 0 aliphatic carbocycles. The first kappa shape index (κ1) is 15.4. The molecule has 3 N–H and O–H groups in total. The van der Waals surface area contributed by atoms with Gasteiger partial charge >= 0.3 is 0 Å². The summed E-state index contributed by atoms with van der Waals surface area (Å²) in [6, 6.07) is 17.6. The molecule has 1 aliphatic rings. The smallest absolute Gasteiger partial charge is 0.194 e. The summed E-state index contributed by atoms with van der Waals surface area (Å²) in [5.74, 6) is 1.14. The van der Waals surface area contributed by atoms with Crippen LogP contribution < -0.4 is 10.5 Å². The molecule has 120 valence electrons. The van der Waals surface area contributed by atoms with Crippen molar-refractivity contribution in [2.45, 2.75) is 18.2 Å². The molecule has 2 unspecified atom stereocenters. The Bertz CT molecular complexity index is 700. The van der Waals surface area contributed by atoms with Gasteiger partial charge in [-0.05, 0) is 23.3 Å². The van der Waals surface area contributed by atoms with Gasteiger partial charge in [-0.2, -0.15) is 0 Å². The van der Waals surface area contributed by atoms with E-state index in [1.165, 1.54) is 0 Å². The molecule has 5 heteroatoms. The fraction of sp³-hybridized carbons (Fsp3) is 0.278. The van der Waals surface area contributed by atoms with Crippen molar-refractivity contribution in [1.29, 1.82) is 0 Å². The molecule has 1 aliphatic heterocycles. The second-order valence-corrected chi connectivity index (χ2v) is 5.77. The maximum Gasteiger partial charge on any atom is 0.194 e. The molecular weight excluding hydrogens is 290 g/mol. The first-order valence-electron chi connectivity index (χ1n) is 7.51. The van der Waals surface area contributed by atoms with E-state index >= 15 is 0 Å². The summed E-state index contributed by atoms with van der Waals surface area (Å²) in [7, 11) is 3.39. The van der Waals surface area contributed by atoms with Gasteiger partial charge in [0.05, 0.1) is 7.11 Å². The van der Waals surface area contributed by atoms with E-state index < -0.39 is 11.8 Å². The SMILES string of the molecule is COc1ccc(CC2(c3ccccc3)N=C(N)N(C)C2O)cc1. The minimum atomic E-state index is -0.813. The minimum Gasteiger partial charge on any atom is -0.497 e. The summed E-state index contributed by atoms with van der Waals surface area (Å²) in [5, 5.41) is 10.8. The van der Waals surface area contributed by atoms with Crippen molar-refractivity contribution in [3.63, 3.8) is 0 Å². The highest BCUT2D eigenvalue weighted by atomic mass is 16.5. The third-order valence-corrected chi connectivity index (χ3v) is 4.38. The molecule has 0 saturated carbocycles. The second-order valence-electron chi connectivity index (χ2n) is 5.77. The summed E-state index contributed by atoms with van der Waals surface area (Å²) in [6.45, 7) is 0. The van der Waals surface area contributed by atoms with Crippen molar-refractivity contribution >= 4 is 5.96 Å². The number of ether oxygens (including phenoxy) is 1. The molecule has 0 bridgehead atoms. The maximum absolute atomic E-state index is 10.8. The van der Waals surface area contributed by atoms with Gasteiger partial charge in [-0.25, -0.2) is 4.99 Å². The molecule has 23 heavy (non-hydrogen) atoms. The van der Waals surface area contributed by atoms with E-state index in [0.717, 1.165) is 16.9 Å². The Balaban J connectivity index is 2.03. The van der Waals surface area contributed by atoms with E-state index in [1.54, 1.807) is 19.1 Å². The lowest BCUT2D eigenvalue weighted by Crippen LogP contribution is -2.45. The van der Waals surface area contributed by atoms with Crippen LogP contribution in [-0.2, 0) is 12.0 Å². The summed E-state index contributed by atoms with van der Waals surface area (Å²) in [4.78, 5) is 6.24. The van der Waals surface area contributed by atoms with Crippen molar-refractivity contribution in [1.82, 2.24) is 4.90 Å². The third kappa shape index (κ3) is 2.64. The lowest BCUT2D eigenvalue weighted by atomic mass is 9.83. The zero-order valence-corrected chi connectivity index (χ0v) is 13.3. The van der Waals surface area contributed by atoms with Crippen LogP contribution in [0.3, 0.4) is 0 Å². The van der Waals surface area contributed by atoms with Gasteiger partial charge in [-0.1, -0.05) is 42.5 Å². The van der Waals surface area contributed by atoms with Crippen LogP contribution in [0.1, 0.15) is 11.1 Å². The second kappa shape index (κ2) is 5.93. The number of rotatable bonds is 4. The summed E-state index contributed by atoms with van der Waals surface area (Å²) in [6.07, 6.45) is -0.264. The Labute approximate surface area is 136 Å². The topological polar surface area (TPSA) is 71.1 Å². The predicted octanol–water partition coefficient (Wildman–Crippen LogP) is 1.71. The van der Waals surface area contributed by atoms with Gasteiger partial charge in [0, 0.05) is 13.5 Å². The minimum absolute atomic E-state index is 0.342. The van der Waals surface area contributed by atoms with Crippen molar-refractivity contribution in [2.24, 2.45) is 10.7 Å². The number of aliphatic imine (C=N–C) groups is 1. The average Bonchev–Trinajstić information content (AvgIpc) is 2.81. The number of nitrogens with two attached hydrogens (primary N) is 1. The van der Waals surface area contributed by atoms with E-state index in [1.807, 2.05) is 54.6 Å². The Morgan fingerprint density at radius 2 is 1.83 bits per heavy atom. The van der Waals surface area contributed by atoms with Crippen LogP contribution >= 0.6 is 0 Å². The van der Waals surface area contributed by atoms with Crippen LogP contribution in [0.25, 0.3) is 0 Å². The molecule has 0 spiro atoms. The Kier molecular flexibility index (Phi) is 3.96. The first-order valence-corrected chi connectivity index (χ1v) is 7.51. The number of guanidine groups is 1. The number of aliphatic hydroxyl groups excluding tert-OH is 1. The Morgan fingerprint density at radius 1 is 1.17 bits per heavy atom. The standard InChI is InChI=1S/C18H21N3O2/c1-21-16(22)18(20-17(21)19,14-6-4-3-5-7-14)12-13-8-10-15(23-2)11-9-13/h3-11,16,22H,12H2,1-2H3,(H2,19,20). The highest BCUT2D eigenvalue weighted by Gasteiger charge is 2.47. The van der Waals surface area contributed by atoms with Crippen LogP contribution in [0.4, 0.5) is 0 Å². The normalized spacial score (nSPS) is 23.7. The zero-order valence-electron chi connectivity index (χ0n) is 13.3. The molecular formula is C18H21N3O2. The molecule has 0 aromatic heterocycles. The quantitative estimate of drug-likeness (QED) is 0.902. The molecule has 0 radical (unpaired) electrons. The summed E-state index contributed by atoms with van der Waals surface area (Å²) >= 11 is 0. The van der Waals surface area contributed by atoms with E-state index in [2.05, 4.69) is 4.99 Å². The van der Waals surface area contributed by atoms with Crippen LogP contribution in [0.5, 0.6) is 5.75 Å². The molecule has 1 heterocycles. The van der Waals surface area contributed by atoms with Crippen LogP contribution in [0, 0.1) is 0 Å². The molecule has 2 aromatic carbocycles. The van der Waals surface area contributed by atoms with Gasteiger partial charge in [-0.15, -0.1) is 0 Å². The number of aliphatic hydroxyl groups is 1. The zero-order chi connectivity index (χ0) is 16.4. The van der Waals surface area contributed by atoms with E-state index in [9.17, 15) is 5.11 Å². The van der Waals surface area contributed by atoms with Gasteiger partial charge in [0.15, 0.2) is 12.2 Å². The molecule has 0 amide bonds. The van der Waals surface area contributed by atoms with Crippen molar-refractivity contribution in [3.8, 4) is 5.75 Å². The Hall–Kier alpha value is -2.53. The number of likely N-dealkylation sites (N-methyl/N-ethyl adjacent to an activating group) is 1. The highest BCUT2D eigenvalue weighted by molar-refractivity contribution is 5.81. The molecule has 2 aromatic rings. The van der Waals surface area contributed by atoms with Gasteiger partial charge < -0.3 is 20.5 Å². The van der Waals surface area contributed by atoms with Gasteiger partial charge in [0.2, 0.25) is 0 Å². The molecule has 0 fully saturated rings. The van der Waals surface area contributed by atoms with Gasteiger partial charge in [0.25, 0.3) is 0 Å². The number of hydrogen-bond acceptors (Lipinski definition) is 5. The average molecular weight is 311 g/mol.